The lowest BCUT2D eigenvalue weighted by Crippen LogP contribution is -2.00. The minimum atomic E-state index is 0.822. The van der Waals surface area contributed by atoms with Gasteiger partial charge in [-0.1, -0.05) is 87.4 Å². The second kappa shape index (κ2) is 11.1. The molecule has 0 spiro atoms. The van der Waals surface area contributed by atoms with Crippen LogP contribution < -0.4 is 0 Å². The van der Waals surface area contributed by atoms with Crippen LogP contribution in [0.15, 0.2) is 121 Å². The second-order valence-corrected chi connectivity index (χ2v) is 11.0. The van der Waals surface area contributed by atoms with Gasteiger partial charge in [0.1, 0.15) is 0 Å². The summed E-state index contributed by atoms with van der Waals surface area (Å²) in [6, 6.07) is 43.3. The van der Waals surface area contributed by atoms with Gasteiger partial charge in [-0.15, -0.1) is 10.2 Å². The molecule has 0 bridgehead atoms. The second-order valence-electron chi connectivity index (χ2n) is 11.0. The van der Waals surface area contributed by atoms with Crippen LogP contribution in [0.2, 0.25) is 0 Å². The number of benzene rings is 5. The van der Waals surface area contributed by atoms with Crippen molar-refractivity contribution in [2.24, 2.45) is 0 Å². The van der Waals surface area contributed by atoms with Crippen LogP contribution in [-0.4, -0.2) is 19.3 Å². The van der Waals surface area contributed by atoms with Crippen LogP contribution in [0.3, 0.4) is 0 Å². The minimum absolute atomic E-state index is 0.822. The van der Waals surface area contributed by atoms with Crippen LogP contribution >= 0.6 is 0 Å². The summed E-state index contributed by atoms with van der Waals surface area (Å²) in [5.74, 6) is 1.65. The lowest BCUT2D eigenvalue weighted by atomic mass is 10.0. The third-order valence-electron chi connectivity index (χ3n) is 8.06. The first-order chi connectivity index (χ1) is 20.7. The first-order valence-electron chi connectivity index (χ1n) is 15.0. The molecule has 7 rings (SSSR count). The number of fused-ring (bicyclic) bond motifs is 3. The molecule has 0 unspecified atom stereocenters. The number of rotatable bonds is 8. The van der Waals surface area contributed by atoms with Gasteiger partial charge >= 0.3 is 0 Å². The minimum Gasteiger partial charge on any atom is -0.309 e. The Morgan fingerprint density at radius 3 is 1.48 bits per heavy atom. The van der Waals surface area contributed by atoms with Crippen molar-refractivity contribution in [1.82, 2.24) is 19.3 Å². The average molecular weight is 547 g/mol. The molecule has 5 aromatic carbocycles. The molecular formula is C38H34N4. The zero-order valence-electron chi connectivity index (χ0n) is 24.2. The number of hydrogen-bond donors (Lipinski definition) is 0. The number of hydrogen-bond acceptors (Lipinski definition) is 2. The molecular weight excluding hydrogens is 512 g/mol. The van der Waals surface area contributed by atoms with E-state index >= 15 is 0 Å². The summed E-state index contributed by atoms with van der Waals surface area (Å²) < 4.78 is 4.55. The molecule has 7 aromatic rings. The molecule has 206 valence electrons. The molecule has 0 aliphatic rings. The maximum Gasteiger partial charge on any atom is 0.168 e. The normalized spacial score (nSPS) is 11.5. The molecule has 0 aliphatic carbocycles. The van der Waals surface area contributed by atoms with Gasteiger partial charge in [0, 0.05) is 33.3 Å². The van der Waals surface area contributed by atoms with E-state index in [0.29, 0.717) is 0 Å². The van der Waals surface area contributed by atoms with E-state index in [-0.39, 0.29) is 0 Å². The fraction of sp³-hybridized carbons (Fsp3) is 0.158. The predicted molar refractivity (Wildman–Crippen MR) is 175 cm³/mol. The Morgan fingerprint density at radius 2 is 0.952 bits per heavy atom. The molecule has 0 N–H and O–H groups in total. The highest BCUT2D eigenvalue weighted by Crippen LogP contribution is 2.35. The van der Waals surface area contributed by atoms with Crippen molar-refractivity contribution in [3.05, 3.63) is 132 Å². The Hall–Kier alpha value is -4.96. The molecule has 4 heteroatoms. The van der Waals surface area contributed by atoms with E-state index in [1.807, 2.05) is 24.3 Å². The van der Waals surface area contributed by atoms with Gasteiger partial charge < -0.3 is 4.57 Å². The quantitative estimate of drug-likeness (QED) is 0.190. The summed E-state index contributed by atoms with van der Waals surface area (Å²) in [5.41, 5.74) is 9.51. The molecule has 0 fully saturated rings. The lowest BCUT2D eigenvalue weighted by molar-refractivity contribution is 0.923. The monoisotopic (exact) mass is 546 g/mol. The first-order valence-corrected chi connectivity index (χ1v) is 15.0. The maximum atomic E-state index is 4.69. The van der Waals surface area contributed by atoms with Crippen LogP contribution in [0.4, 0.5) is 0 Å². The third kappa shape index (κ3) is 4.59. The van der Waals surface area contributed by atoms with Gasteiger partial charge in [-0.05, 0) is 84.6 Å². The molecule has 0 radical (unpaired) electrons. The van der Waals surface area contributed by atoms with Crippen LogP contribution in [0, 0.1) is 0 Å². The van der Waals surface area contributed by atoms with Gasteiger partial charge in [0.2, 0.25) is 0 Å². The van der Waals surface area contributed by atoms with Crippen LogP contribution in [0.5, 0.6) is 0 Å². The standard InChI is InChI=1S/C38H34N4/c1-3-11-27-17-23-35-33(25-27)34-26-28(12-4-2)18-24-36(34)41(35)32-21-19-30(20-22-32)38-40-39-37(29-13-7-5-8-14-29)42(38)31-15-9-6-10-16-31/h5-10,13-26H,3-4,11-12H2,1-2H3. The largest absolute Gasteiger partial charge is 0.309 e. The Balaban J connectivity index is 1.36. The summed E-state index contributed by atoms with van der Waals surface area (Å²) in [5, 5.41) is 12.0. The van der Waals surface area contributed by atoms with E-state index in [9.17, 15) is 0 Å². The van der Waals surface area contributed by atoms with Crippen LogP contribution in [0.1, 0.15) is 37.8 Å². The Labute approximate surface area is 246 Å². The van der Waals surface area contributed by atoms with Gasteiger partial charge in [0.25, 0.3) is 0 Å². The zero-order chi connectivity index (χ0) is 28.5. The fourth-order valence-corrected chi connectivity index (χ4v) is 6.11. The summed E-state index contributed by atoms with van der Waals surface area (Å²) in [6.45, 7) is 4.49. The van der Waals surface area contributed by atoms with Gasteiger partial charge in [0.15, 0.2) is 11.6 Å². The molecule has 0 saturated carbocycles. The Bertz CT molecular complexity index is 1920. The molecule has 42 heavy (non-hydrogen) atoms. The molecule has 2 aromatic heterocycles. The van der Waals surface area contributed by atoms with E-state index in [1.54, 1.807) is 0 Å². The predicted octanol–water partition coefficient (Wildman–Crippen LogP) is 9.60. The molecule has 0 amide bonds. The molecule has 2 heterocycles. The third-order valence-corrected chi connectivity index (χ3v) is 8.06. The van der Waals surface area contributed by atoms with Gasteiger partial charge in [0.05, 0.1) is 11.0 Å². The van der Waals surface area contributed by atoms with Crippen molar-refractivity contribution < 1.29 is 0 Å². The van der Waals surface area contributed by atoms with Gasteiger partial charge in [-0.3, -0.25) is 4.57 Å². The maximum absolute atomic E-state index is 4.69. The summed E-state index contributed by atoms with van der Waals surface area (Å²) in [4.78, 5) is 0. The average Bonchev–Trinajstić information content (AvgIpc) is 3.62. The highest BCUT2D eigenvalue weighted by molar-refractivity contribution is 6.09. The number of aromatic nitrogens is 4. The highest BCUT2D eigenvalue weighted by Gasteiger charge is 2.18. The van der Waals surface area contributed by atoms with E-state index in [4.69, 9.17) is 5.10 Å². The van der Waals surface area contributed by atoms with Gasteiger partial charge in [-0.25, -0.2) is 0 Å². The van der Waals surface area contributed by atoms with E-state index < -0.39 is 0 Å². The van der Waals surface area contributed by atoms with Crippen molar-refractivity contribution in [2.45, 2.75) is 39.5 Å². The molecule has 4 nitrogen and oxygen atoms in total. The van der Waals surface area contributed by atoms with Crippen molar-refractivity contribution in [3.63, 3.8) is 0 Å². The summed E-state index contributed by atoms with van der Waals surface area (Å²) >= 11 is 0. The lowest BCUT2D eigenvalue weighted by Gasteiger charge is -2.12. The number of aryl methyl sites for hydroxylation is 2. The highest BCUT2D eigenvalue weighted by atomic mass is 15.3. The van der Waals surface area contributed by atoms with Gasteiger partial charge in [-0.2, -0.15) is 0 Å². The molecule has 0 saturated heterocycles. The molecule has 0 atom stereocenters. The fourth-order valence-electron chi connectivity index (χ4n) is 6.11. The Kier molecular flexibility index (Phi) is 6.89. The Morgan fingerprint density at radius 1 is 0.476 bits per heavy atom. The van der Waals surface area contributed by atoms with E-state index in [2.05, 4.69) is 125 Å². The van der Waals surface area contributed by atoms with Crippen molar-refractivity contribution in [3.8, 4) is 34.2 Å². The van der Waals surface area contributed by atoms with E-state index in [0.717, 1.165) is 59.8 Å². The SMILES string of the molecule is CCCc1ccc2c(c1)c1cc(CCC)ccc1n2-c1ccc(-c2nnc(-c3ccccc3)n2-c2ccccc2)cc1. The number of para-hydroxylation sites is 1. The topological polar surface area (TPSA) is 35.6 Å². The smallest absolute Gasteiger partial charge is 0.168 e. The van der Waals surface area contributed by atoms with Crippen molar-refractivity contribution in [1.29, 1.82) is 0 Å². The van der Waals surface area contributed by atoms with E-state index in [1.165, 1.54) is 32.9 Å². The van der Waals surface area contributed by atoms with Crippen LogP contribution in [0.25, 0.3) is 56.0 Å². The van der Waals surface area contributed by atoms with Crippen molar-refractivity contribution >= 4 is 21.8 Å². The zero-order valence-corrected chi connectivity index (χ0v) is 24.2. The number of nitrogens with zero attached hydrogens (tertiary/aromatic N) is 4. The van der Waals surface area contributed by atoms with Crippen molar-refractivity contribution in [2.75, 3.05) is 0 Å². The van der Waals surface area contributed by atoms with Crippen LogP contribution in [-0.2, 0) is 12.8 Å². The first kappa shape index (κ1) is 26.0. The molecule has 0 aliphatic heterocycles. The summed E-state index contributed by atoms with van der Waals surface area (Å²) in [7, 11) is 0. The summed E-state index contributed by atoms with van der Waals surface area (Å²) in [6.07, 6.45) is 4.48.